The standard InChI is InChI=1S/C22H22ClF4IN5O2P/c1-30(17-5-4-13(24)8-15(17)22(25,26)27)18-9-21(35)31(2)20-11-33(7-6-14(18)20)19(16(23)12-34)10-29-32(3)36-28/h4-5,8-10,12,36H,6-7,11H2,1-3H3/b19-16-,29-10-. The second kappa shape index (κ2) is 11.5. The van der Waals surface area contributed by atoms with E-state index in [1.807, 2.05) is 0 Å². The molecule has 0 saturated heterocycles. The molecule has 0 bridgehead atoms. The molecule has 1 atom stereocenters. The Balaban J connectivity index is 2.10. The molecule has 0 saturated carbocycles. The zero-order chi connectivity index (χ0) is 26.8. The Labute approximate surface area is 224 Å². The number of pyridine rings is 1. The molecule has 0 fully saturated rings. The normalized spacial score (nSPS) is 14.9. The Morgan fingerprint density at radius 3 is 2.56 bits per heavy atom. The fraction of sp³-hybridized carbons (Fsp3) is 0.318. The minimum absolute atomic E-state index is 0.0632. The summed E-state index contributed by atoms with van der Waals surface area (Å²) in [6, 6.07) is 3.70. The average molecular weight is 658 g/mol. The van der Waals surface area contributed by atoms with Crippen molar-refractivity contribution in [2.75, 3.05) is 25.5 Å². The van der Waals surface area contributed by atoms with Crippen molar-refractivity contribution >= 4 is 63.9 Å². The summed E-state index contributed by atoms with van der Waals surface area (Å²) in [4.78, 5) is 27.3. The van der Waals surface area contributed by atoms with E-state index in [4.69, 9.17) is 11.6 Å². The summed E-state index contributed by atoms with van der Waals surface area (Å²) in [6.45, 7) is 0.531. The molecule has 0 spiro atoms. The molecule has 194 valence electrons. The summed E-state index contributed by atoms with van der Waals surface area (Å²) in [7, 11) is 4.73. The minimum Gasteiger partial charge on any atom is -0.363 e. The van der Waals surface area contributed by atoms with Gasteiger partial charge in [0, 0.05) is 39.4 Å². The third-order valence-electron chi connectivity index (χ3n) is 5.78. The van der Waals surface area contributed by atoms with Gasteiger partial charge in [-0.05, 0) is 52.2 Å². The van der Waals surface area contributed by atoms with Crippen LogP contribution >= 0.6 is 40.0 Å². The number of alkyl halides is 3. The van der Waals surface area contributed by atoms with Gasteiger partial charge in [-0.2, -0.15) is 18.3 Å². The number of aldehydes is 1. The van der Waals surface area contributed by atoms with Crippen LogP contribution in [0.25, 0.3) is 0 Å². The van der Waals surface area contributed by atoms with Gasteiger partial charge in [0.2, 0.25) is 0 Å². The Bertz CT molecular complexity index is 1280. The van der Waals surface area contributed by atoms with Gasteiger partial charge in [0.05, 0.1) is 41.8 Å². The Hall–Kier alpha value is -2.18. The number of anilines is 2. The first-order chi connectivity index (χ1) is 16.9. The van der Waals surface area contributed by atoms with Crippen LogP contribution in [0.5, 0.6) is 0 Å². The van der Waals surface area contributed by atoms with E-state index in [9.17, 15) is 27.2 Å². The van der Waals surface area contributed by atoms with Gasteiger partial charge < -0.3 is 14.4 Å². The van der Waals surface area contributed by atoms with Gasteiger partial charge in [0.25, 0.3) is 5.56 Å². The fourth-order valence-electron chi connectivity index (χ4n) is 3.94. The van der Waals surface area contributed by atoms with Crippen LogP contribution in [0.15, 0.2) is 44.9 Å². The molecule has 1 aromatic heterocycles. The second-order valence-electron chi connectivity index (χ2n) is 7.95. The zero-order valence-electron chi connectivity index (χ0n) is 19.4. The maximum Gasteiger partial charge on any atom is 0.418 e. The fourth-order valence-corrected chi connectivity index (χ4v) is 4.59. The summed E-state index contributed by atoms with van der Waals surface area (Å²) in [5.74, 6) is -1.01. The summed E-state index contributed by atoms with van der Waals surface area (Å²) < 4.78 is 57.7. The number of allylic oxidation sites excluding steroid dienone is 2. The van der Waals surface area contributed by atoms with Crippen LogP contribution < -0.4 is 10.5 Å². The average Bonchev–Trinajstić information content (AvgIpc) is 2.84. The van der Waals surface area contributed by atoms with Crippen molar-refractivity contribution in [3.05, 3.63) is 68.0 Å². The number of fused-ring (bicyclic) bond motifs is 1. The van der Waals surface area contributed by atoms with Crippen LogP contribution in [0, 0.1) is 5.82 Å². The quantitative estimate of drug-likeness (QED) is 0.0782. The summed E-state index contributed by atoms with van der Waals surface area (Å²) in [5, 5.41) is 4.20. The van der Waals surface area contributed by atoms with E-state index in [1.165, 1.54) is 28.8 Å². The van der Waals surface area contributed by atoms with Gasteiger partial charge in [0.1, 0.15) is 10.8 Å². The number of benzene rings is 1. The van der Waals surface area contributed by atoms with Gasteiger partial charge in [-0.3, -0.25) is 14.4 Å². The van der Waals surface area contributed by atoms with Crippen molar-refractivity contribution in [1.29, 1.82) is 0 Å². The second-order valence-corrected chi connectivity index (χ2v) is 10.6. The van der Waals surface area contributed by atoms with E-state index in [-0.39, 0.29) is 23.0 Å². The molecular weight excluding hydrogens is 636 g/mol. The molecule has 7 nitrogen and oxygen atoms in total. The first-order valence-corrected chi connectivity index (χ1v) is 14.9. The van der Waals surface area contributed by atoms with E-state index in [1.54, 1.807) is 23.8 Å². The number of hydrogen-bond acceptors (Lipinski definition) is 6. The molecule has 2 heterocycles. The molecule has 0 amide bonds. The van der Waals surface area contributed by atoms with Crippen molar-refractivity contribution in [1.82, 2.24) is 14.2 Å². The maximum atomic E-state index is 13.7. The lowest BCUT2D eigenvalue weighted by atomic mass is 10.00. The SMILES string of the molecule is CN(/N=C\C(=C(\Cl)C=O)N1CCc2c(N(C)c3ccc(F)cc3C(F)(F)F)cc(=O)n(C)c2C1)PI. The monoisotopic (exact) mass is 657 g/mol. The van der Waals surface area contributed by atoms with E-state index < -0.39 is 23.1 Å². The van der Waals surface area contributed by atoms with Crippen LogP contribution in [0.2, 0.25) is 0 Å². The van der Waals surface area contributed by atoms with Gasteiger partial charge in [0.15, 0.2) is 6.29 Å². The summed E-state index contributed by atoms with van der Waals surface area (Å²) >= 11 is 8.32. The number of carbonyl (C=O) groups excluding carboxylic acids is 1. The van der Waals surface area contributed by atoms with E-state index in [0.29, 0.717) is 48.6 Å². The molecule has 1 aromatic carbocycles. The number of carbonyl (C=O) groups is 1. The Kier molecular flexibility index (Phi) is 9.05. The molecule has 1 unspecified atom stereocenters. The van der Waals surface area contributed by atoms with Gasteiger partial charge in [-0.15, -0.1) is 0 Å². The van der Waals surface area contributed by atoms with Crippen LogP contribution in [0.1, 0.15) is 16.8 Å². The van der Waals surface area contributed by atoms with Crippen LogP contribution in [-0.4, -0.2) is 47.4 Å². The summed E-state index contributed by atoms with van der Waals surface area (Å²) in [5.41, 5.74) is 0.0191. The van der Waals surface area contributed by atoms with Crippen LogP contribution in [0.4, 0.5) is 28.9 Å². The number of hydrogen-bond donors (Lipinski definition) is 0. The van der Waals surface area contributed by atoms with Crippen molar-refractivity contribution in [3.8, 4) is 0 Å². The molecule has 1 aliphatic heterocycles. The van der Waals surface area contributed by atoms with Crippen LogP contribution in [-0.2, 0) is 31.0 Å². The largest absolute Gasteiger partial charge is 0.418 e. The molecule has 2 aromatic rings. The molecule has 36 heavy (non-hydrogen) atoms. The lowest BCUT2D eigenvalue weighted by Gasteiger charge is -2.35. The highest BCUT2D eigenvalue weighted by atomic mass is 127. The van der Waals surface area contributed by atoms with Gasteiger partial charge >= 0.3 is 6.18 Å². The van der Waals surface area contributed by atoms with Crippen molar-refractivity contribution in [2.45, 2.75) is 19.1 Å². The van der Waals surface area contributed by atoms with Gasteiger partial charge in [-0.25, -0.2) is 4.39 Å². The summed E-state index contributed by atoms with van der Waals surface area (Å²) in [6.07, 6.45) is -2.13. The Morgan fingerprint density at radius 2 is 1.94 bits per heavy atom. The number of aromatic nitrogens is 1. The minimum atomic E-state index is -4.79. The van der Waals surface area contributed by atoms with Crippen LogP contribution in [0.3, 0.4) is 0 Å². The molecule has 14 heteroatoms. The molecule has 3 rings (SSSR count). The first kappa shape index (κ1) is 28.4. The molecule has 0 aliphatic carbocycles. The number of rotatable bonds is 7. The van der Waals surface area contributed by atoms with E-state index in [2.05, 4.69) is 27.1 Å². The van der Waals surface area contributed by atoms with Gasteiger partial charge in [-0.1, -0.05) is 11.6 Å². The first-order valence-electron chi connectivity index (χ1n) is 10.4. The number of halogens is 6. The highest BCUT2D eigenvalue weighted by molar-refractivity contribution is 14.2. The van der Waals surface area contributed by atoms with Crippen molar-refractivity contribution in [2.24, 2.45) is 12.1 Å². The highest BCUT2D eigenvalue weighted by Gasteiger charge is 2.36. The van der Waals surface area contributed by atoms with Crippen molar-refractivity contribution < 1.29 is 22.4 Å². The smallest absolute Gasteiger partial charge is 0.363 e. The maximum absolute atomic E-state index is 13.7. The number of hydrazone groups is 1. The van der Waals surface area contributed by atoms with E-state index >= 15 is 0 Å². The zero-order valence-corrected chi connectivity index (χ0v) is 23.3. The molecule has 0 N–H and O–H groups in total. The third-order valence-corrected chi connectivity index (χ3v) is 8.51. The predicted molar refractivity (Wildman–Crippen MR) is 143 cm³/mol. The third kappa shape index (κ3) is 6.03. The lowest BCUT2D eigenvalue weighted by molar-refractivity contribution is -0.137. The van der Waals surface area contributed by atoms with Crippen molar-refractivity contribution in [3.63, 3.8) is 0 Å². The van der Waals surface area contributed by atoms with E-state index in [0.717, 1.165) is 12.1 Å². The highest BCUT2D eigenvalue weighted by Crippen LogP contribution is 2.40. The molecule has 1 aliphatic rings. The predicted octanol–water partition coefficient (Wildman–Crippen LogP) is 5.18. The Morgan fingerprint density at radius 1 is 1.25 bits per heavy atom. The molecule has 0 radical (unpaired) electrons. The topological polar surface area (TPSA) is 61.2 Å². The number of nitrogens with zero attached hydrogens (tertiary/aromatic N) is 5. The lowest BCUT2D eigenvalue weighted by Crippen LogP contribution is -2.37. The molecular formula is C22H22ClF4IN5O2P.